The topological polar surface area (TPSA) is 110 Å². The Labute approximate surface area is 133 Å². The van der Waals surface area contributed by atoms with Gasteiger partial charge in [0, 0.05) is 23.5 Å². The molecule has 2 unspecified atom stereocenters. The van der Waals surface area contributed by atoms with Gasteiger partial charge in [0.25, 0.3) is 0 Å². The number of dihydropyridines is 1. The van der Waals surface area contributed by atoms with Crippen LogP contribution in [0.5, 0.6) is 0 Å². The predicted molar refractivity (Wildman–Crippen MR) is 81.1 cm³/mol. The van der Waals surface area contributed by atoms with Crippen molar-refractivity contribution in [3.8, 4) is 6.07 Å². The van der Waals surface area contributed by atoms with E-state index >= 15 is 0 Å². The first-order chi connectivity index (χ1) is 10.9. The molecule has 3 N–H and O–H groups in total. The molecule has 1 aromatic rings. The number of quaternary nitrogens is 1. The molecule has 23 heavy (non-hydrogen) atoms. The predicted octanol–water partition coefficient (Wildman–Crippen LogP) is 1.02. The summed E-state index contributed by atoms with van der Waals surface area (Å²) >= 11 is 0. The van der Waals surface area contributed by atoms with E-state index in [1.165, 1.54) is 19.2 Å². The van der Waals surface area contributed by atoms with Gasteiger partial charge in [-0.25, -0.2) is 10.0 Å². The van der Waals surface area contributed by atoms with Crippen LogP contribution in [0.3, 0.4) is 0 Å². The summed E-state index contributed by atoms with van der Waals surface area (Å²) in [5.41, 5.74) is 2.53. The SMILES string of the molecule is COC(=O)C1=C(C)NC(C)=C(C#N)C1c1cccc([NH+]([O-])O)c1. The molecular weight excluding hydrogens is 298 g/mol. The molecule has 0 aliphatic carbocycles. The number of carbonyl (C=O) groups is 1. The molecule has 7 heteroatoms. The lowest BCUT2D eigenvalue weighted by atomic mass is 9.81. The largest absolute Gasteiger partial charge is 0.595 e. The highest BCUT2D eigenvalue weighted by atomic mass is 16.8. The quantitative estimate of drug-likeness (QED) is 0.567. The van der Waals surface area contributed by atoms with E-state index in [0.717, 1.165) is 0 Å². The van der Waals surface area contributed by atoms with Crippen molar-refractivity contribution in [1.82, 2.24) is 5.32 Å². The standard InChI is InChI=1S/C16H17N3O4/c1-9-13(8-17)15(14(10(2)18-9)16(20)23-3)11-5-4-6-12(7-11)19(21)22/h4-7,15,18-19,21H,1-3H3. The van der Waals surface area contributed by atoms with Crippen molar-refractivity contribution in [1.29, 1.82) is 5.26 Å². The fraction of sp³-hybridized carbons (Fsp3) is 0.250. The Hall–Kier alpha value is -2.66. The number of benzene rings is 1. The van der Waals surface area contributed by atoms with Crippen LogP contribution in [0.1, 0.15) is 25.3 Å². The van der Waals surface area contributed by atoms with Gasteiger partial charge in [-0.2, -0.15) is 10.5 Å². The van der Waals surface area contributed by atoms with Crippen LogP contribution in [-0.4, -0.2) is 18.3 Å². The monoisotopic (exact) mass is 315 g/mol. The molecule has 0 amide bonds. The van der Waals surface area contributed by atoms with E-state index in [9.17, 15) is 15.3 Å². The molecule has 0 aromatic heterocycles. The number of allylic oxidation sites excluding steroid dienone is 3. The van der Waals surface area contributed by atoms with Crippen molar-refractivity contribution in [2.45, 2.75) is 19.8 Å². The van der Waals surface area contributed by atoms with Gasteiger partial charge in [0.05, 0.1) is 30.2 Å². The van der Waals surface area contributed by atoms with Crippen LogP contribution < -0.4 is 10.5 Å². The molecule has 0 saturated heterocycles. The second-order valence-electron chi connectivity index (χ2n) is 5.17. The van der Waals surface area contributed by atoms with Gasteiger partial charge in [0.2, 0.25) is 0 Å². The van der Waals surface area contributed by atoms with Crippen LogP contribution >= 0.6 is 0 Å². The average Bonchev–Trinajstić information content (AvgIpc) is 2.53. The van der Waals surface area contributed by atoms with Crippen molar-refractivity contribution in [3.63, 3.8) is 0 Å². The summed E-state index contributed by atoms with van der Waals surface area (Å²) in [6.45, 7) is 3.46. The summed E-state index contributed by atoms with van der Waals surface area (Å²) in [6, 6.07) is 8.33. The Morgan fingerprint density at radius 1 is 1.43 bits per heavy atom. The Balaban J connectivity index is 2.66. The molecule has 1 aliphatic rings. The summed E-state index contributed by atoms with van der Waals surface area (Å²) in [6.07, 6.45) is 0. The third kappa shape index (κ3) is 3.10. The molecular formula is C16H17N3O4. The number of nitriles is 1. The van der Waals surface area contributed by atoms with Crippen molar-refractivity contribution in [2.24, 2.45) is 0 Å². The number of rotatable bonds is 3. The van der Waals surface area contributed by atoms with Crippen LogP contribution in [-0.2, 0) is 9.53 Å². The molecule has 2 rings (SSSR count). The van der Waals surface area contributed by atoms with Gasteiger partial charge in [-0.15, -0.1) is 0 Å². The summed E-state index contributed by atoms with van der Waals surface area (Å²) in [5.74, 6) is -1.21. The lowest BCUT2D eigenvalue weighted by Gasteiger charge is -2.28. The number of carbonyl (C=O) groups excluding carboxylic acids is 1. The number of hydrogen-bond donors (Lipinski definition) is 3. The minimum Gasteiger partial charge on any atom is -0.595 e. The summed E-state index contributed by atoms with van der Waals surface area (Å²) in [5, 5.41) is 31.8. The zero-order valence-electron chi connectivity index (χ0n) is 13.0. The molecule has 1 heterocycles. The minimum absolute atomic E-state index is 0.0952. The summed E-state index contributed by atoms with van der Waals surface area (Å²) in [4.78, 5) is 12.2. The van der Waals surface area contributed by atoms with E-state index in [2.05, 4.69) is 11.4 Å². The molecule has 0 saturated carbocycles. The fourth-order valence-corrected chi connectivity index (χ4v) is 2.71. The van der Waals surface area contributed by atoms with E-state index in [1.54, 1.807) is 26.0 Å². The van der Waals surface area contributed by atoms with E-state index in [4.69, 9.17) is 9.94 Å². The van der Waals surface area contributed by atoms with Crippen LogP contribution in [0, 0.1) is 16.5 Å². The molecule has 2 atom stereocenters. The normalized spacial score (nSPS) is 19.0. The Morgan fingerprint density at radius 3 is 2.70 bits per heavy atom. The highest BCUT2D eigenvalue weighted by Gasteiger charge is 2.34. The number of nitrogens with zero attached hydrogens (tertiary/aromatic N) is 1. The Kier molecular flexibility index (Phi) is 4.81. The number of ether oxygens (including phenoxy) is 1. The highest BCUT2D eigenvalue weighted by molar-refractivity contribution is 5.93. The number of methoxy groups -OCH3 is 1. The van der Waals surface area contributed by atoms with Crippen molar-refractivity contribution < 1.29 is 20.0 Å². The maximum atomic E-state index is 12.2. The van der Waals surface area contributed by atoms with Crippen molar-refractivity contribution in [2.75, 3.05) is 7.11 Å². The molecule has 7 nitrogen and oxygen atoms in total. The zero-order valence-corrected chi connectivity index (χ0v) is 13.0. The molecule has 0 fully saturated rings. The van der Waals surface area contributed by atoms with Crippen LogP contribution in [0.15, 0.2) is 46.8 Å². The zero-order chi connectivity index (χ0) is 17.1. The van der Waals surface area contributed by atoms with Gasteiger partial charge < -0.3 is 15.3 Å². The lowest BCUT2D eigenvalue weighted by Crippen LogP contribution is -2.99. The third-order valence-electron chi connectivity index (χ3n) is 3.75. The smallest absolute Gasteiger partial charge is 0.336 e. The lowest BCUT2D eigenvalue weighted by molar-refractivity contribution is -0.991. The maximum absolute atomic E-state index is 12.2. The Morgan fingerprint density at radius 2 is 2.13 bits per heavy atom. The fourth-order valence-electron chi connectivity index (χ4n) is 2.71. The second kappa shape index (κ2) is 6.62. The molecule has 1 aliphatic heterocycles. The molecule has 1 aromatic carbocycles. The maximum Gasteiger partial charge on any atom is 0.336 e. The van der Waals surface area contributed by atoms with Crippen LogP contribution in [0.4, 0.5) is 5.69 Å². The molecule has 0 spiro atoms. The van der Waals surface area contributed by atoms with Gasteiger partial charge in [0.15, 0.2) is 5.69 Å². The number of esters is 1. The third-order valence-corrected chi connectivity index (χ3v) is 3.75. The number of hydrogen-bond acceptors (Lipinski definition) is 6. The van der Waals surface area contributed by atoms with Crippen LogP contribution in [0.2, 0.25) is 0 Å². The highest BCUT2D eigenvalue weighted by Crippen LogP contribution is 2.38. The molecule has 0 radical (unpaired) electrons. The first-order valence-electron chi connectivity index (χ1n) is 6.91. The first-order valence-corrected chi connectivity index (χ1v) is 6.91. The van der Waals surface area contributed by atoms with Crippen molar-refractivity contribution in [3.05, 3.63) is 57.6 Å². The van der Waals surface area contributed by atoms with Crippen molar-refractivity contribution >= 4 is 11.7 Å². The first kappa shape index (κ1) is 16.7. The van der Waals surface area contributed by atoms with Gasteiger partial charge in [0.1, 0.15) is 0 Å². The summed E-state index contributed by atoms with van der Waals surface area (Å²) in [7, 11) is 1.27. The number of nitrogens with one attached hydrogen (secondary N) is 2. The van der Waals surface area contributed by atoms with Gasteiger partial charge in [-0.1, -0.05) is 12.1 Å². The average molecular weight is 315 g/mol. The van der Waals surface area contributed by atoms with Gasteiger partial charge >= 0.3 is 5.97 Å². The Bertz CT molecular complexity index is 744. The molecule has 120 valence electrons. The van der Waals surface area contributed by atoms with Crippen LogP contribution in [0.25, 0.3) is 0 Å². The minimum atomic E-state index is -1.07. The van der Waals surface area contributed by atoms with E-state index in [1.807, 2.05) is 0 Å². The van der Waals surface area contributed by atoms with E-state index in [0.29, 0.717) is 28.1 Å². The molecule has 0 bridgehead atoms. The van der Waals surface area contributed by atoms with Gasteiger partial charge in [-0.3, -0.25) is 0 Å². The summed E-state index contributed by atoms with van der Waals surface area (Å²) < 4.78 is 4.83. The van der Waals surface area contributed by atoms with E-state index < -0.39 is 17.1 Å². The van der Waals surface area contributed by atoms with E-state index in [-0.39, 0.29) is 5.69 Å². The van der Waals surface area contributed by atoms with Gasteiger partial charge in [-0.05, 0) is 19.4 Å². The second-order valence-corrected chi connectivity index (χ2v) is 5.17.